The van der Waals surface area contributed by atoms with Crippen LogP contribution in [0.25, 0.3) is 0 Å². The molecule has 4 heteroatoms. The minimum absolute atomic E-state index is 0.0541. The van der Waals surface area contributed by atoms with Crippen LogP contribution in [0.4, 0.5) is 0 Å². The minimum Gasteiger partial charge on any atom is -0.501 e. The second-order valence-electron chi connectivity index (χ2n) is 5.45. The predicted molar refractivity (Wildman–Crippen MR) is 67.8 cm³/mol. The average molecular weight is 247 g/mol. The van der Waals surface area contributed by atoms with Gasteiger partial charge in [0.1, 0.15) is 0 Å². The first-order valence-electron chi connectivity index (χ1n) is 5.80. The normalized spacial score (nSPS) is 20.2. The molecule has 0 aromatic heterocycles. The molecule has 1 unspecified atom stereocenters. The molecule has 0 saturated carbocycles. The number of carbonyl (C=O) groups excluding carboxylic acids is 1. The molecule has 1 aromatic carbocycles. The molecular weight excluding hydrogens is 230 g/mol. The first-order valence-corrected chi connectivity index (χ1v) is 5.80. The number of hydrogen-bond acceptors (Lipinski definition) is 4. The van der Waals surface area contributed by atoms with E-state index < -0.39 is 17.6 Å². The summed E-state index contributed by atoms with van der Waals surface area (Å²) in [4.78, 5) is 11.7. The van der Waals surface area contributed by atoms with Gasteiger partial charge in [-0.15, -0.1) is 0 Å². The molecule has 1 atom stereocenters. The van der Waals surface area contributed by atoms with Gasteiger partial charge in [0.2, 0.25) is 17.4 Å². The predicted octanol–water partition coefficient (Wildman–Crippen LogP) is 2.31. The van der Waals surface area contributed by atoms with Crippen LogP contribution in [0.15, 0.2) is 35.9 Å². The molecule has 0 aliphatic carbocycles. The number of ether oxygens (including phenoxy) is 1. The van der Waals surface area contributed by atoms with Crippen molar-refractivity contribution in [3.63, 3.8) is 0 Å². The highest BCUT2D eigenvalue weighted by Crippen LogP contribution is 2.31. The second-order valence-corrected chi connectivity index (χ2v) is 5.45. The Labute approximate surface area is 106 Å². The van der Waals surface area contributed by atoms with Crippen LogP contribution in [0, 0.1) is 0 Å². The molecule has 0 saturated heterocycles. The zero-order chi connectivity index (χ0) is 13.5. The third kappa shape index (κ3) is 2.06. The Morgan fingerprint density at radius 3 is 2.17 bits per heavy atom. The molecule has 1 aromatic rings. The van der Waals surface area contributed by atoms with E-state index in [9.17, 15) is 9.90 Å². The van der Waals surface area contributed by atoms with E-state index in [1.165, 1.54) is 5.56 Å². The fraction of sp³-hybridized carbons (Fsp3) is 0.357. The number of rotatable bonds is 1. The number of Topliss-reactive ketones (excluding diaryl/α,β-unsaturated/α-hetero) is 1. The number of benzene rings is 1. The Morgan fingerprint density at radius 2 is 1.78 bits per heavy atom. The van der Waals surface area contributed by atoms with Crippen LogP contribution in [0.3, 0.4) is 0 Å². The molecular formula is C14H17NO3. The van der Waals surface area contributed by atoms with Crippen molar-refractivity contribution in [2.75, 3.05) is 0 Å². The molecule has 3 N–H and O–H groups in total. The largest absolute Gasteiger partial charge is 0.501 e. The Balaban J connectivity index is 2.25. The fourth-order valence-corrected chi connectivity index (χ4v) is 1.86. The van der Waals surface area contributed by atoms with Gasteiger partial charge in [-0.05, 0) is 11.0 Å². The van der Waals surface area contributed by atoms with Gasteiger partial charge in [-0.1, -0.05) is 45.0 Å². The Hall–Kier alpha value is -1.97. The van der Waals surface area contributed by atoms with Crippen molar-refractivity contribution < 1.29 is 14.6 Å². The molecule has 2 rings (SSSR count). The Morgan fingerprint density at radius 1 is 1.22 bits per heavy atom. The number of hydrogen-bond donors (Lipinski definition) is 2. The number of carbonyl (C=O) groups is 1. The maximum atomic E-state index is 11.7. The summed E-state index contributed by atoms with van der Waals surface area (Å²) in [5.41, 5.74) is 7.30. The van der Waals surface area contributed by atoms with E-state index in [4.69, 9.17) is 10.5 Å². The SMILES string of the molecule is CC(C)(C)c1ccc(C2OC(N)=C(O)C2=O)cc1. The molecule has 1 aliphatic heterocycles. The third-order valence-electron chi connectivity index (χ3n) is 3.03. The second kappa shape index (κ2) is 4.05. The van der Waals surface area contributed by atoms with Crippen molar-refractivity contribution in [2.45, 2.75) is 32.3 Å². The fourth-order valence-electron chi connectivity index (χ4n) is 1.86. The number of ketones is 1. The summed E-state index contributed by atoms with van der Waals surface area (Å²) in [5, 5.41) is 9.36. The minimum atomic E-state index is -0.820. The van der Waals surface area contributed by atoms with E-state index in [2.05, 4.69) is 20.8 Å². The zero-order valence-corrected chi connectivity index (χ0v) is 10.7. The third-order valence-corrected chi connectivity index (χ3v) is 3.03. The molecule has 18 heavy (non-hydrogen) atoms. The van der Waals surface area contributed by atoms with Crippen LogP contribution in [0.2, 0.25) is 0 Å². The van der Waals surface area contributed by atoms with Gasteiger partial charge >= 0.3 is 0 Å². The van der Waals surface area contributed by atoms with Crippen LogP contribution < -0.4 is 5.73 Å². The van der Waals surface area contributed by atoms with Crippen LogP contribution in [0.5, 0.6) is 0 Å². The van der Waals surface area contributed by atoms with E-state index in [0.717, 1.165) is 0 Å². The monoisotopic (exact) mass is 247 g/mol. The number of aliphatic hydroxyl groups is 1. The van der Waals surface area contributed by atoms with Gasteiger partial charge < -0.3 is 15.6 Å². The highest BCUT2D eigenvalue weighted by atomic mass is 16.5. The standard InChI is InChI=1S/C14H17NO3/c1-14(2,3)9-6-4-8(5-7-9)12-10(16)11(17)13(15)18-12/h4-7,12,17H,15H2,1-3H3. The van der Waals surface area contributed by atoms with E-state index >= 15 is 0 Å². The van der Waals surface area contributed by atoms with E-state index in [-0.39, 0.29) is 11.3 Å². The molecule has 0 spiro atoms. The molecule has 0 bridgehead atoms. The lowest BCUT2D eigenvalue weighted by Crippen LogP contribution is -2.13. The van der Waals surface area contributed by atoms with Crippen molar-refractivity contribution in [2.24, 2.45) is 5.73 Å². The molecule has 4 nitrogen and oxygen atoms in total. The Kier molecular flexibility index (Phi) is 2.81. The van der Waals surface area contributed by atoms with Crippen LogP contribution in [-0.2, 0) is 14.9 Å². The summed E-state index contributed by atoms with van der Waals surface area (Å²) in [7, 11) is 0. The molecule has 0 radical (unpaired) electrons. The molecule has 96 valence electrons. The number of nitrogens with two attached hydrogens (primary N) is 1. The molecule has 0 fully saturated rings. The van der Waals surface area contributed by atoms with Crippen LogP contribution >= 0.6 is 0 Å². The summed E-state index contributed by atoms with van der Waals surface area (Å²) in [6.07, 6.45) is -0.820. The van der Waals surface area contributed by atoms with Crippen LogP contribution in [0.1, 0.15) is 38.0 Å². The molecule has 1 heterocycles. The van der Waals surface area contributed by atoms with Crippen LogP contribution in [-0.4, -0.2) is 10.9 Å². The summed E-state index contributed by atoms with van der Waals surface area (Å²) >= 11 is 0. The maximum Gasteiger partial charge on any atom is 0.247 e. The van der Waals surface area contributed by atoms with Gasteiger partial charge in [-0.2, -0.15) is 0 Å². The van der Waals surface area contributed by atoms with Crippen molar-refractivity contribution >= 4 is 5.78 Å². The highest BCUT2D eigenvalue weighted by Gasteiger charge is 2.35. The van der Waals surface area contributed by atoms with Crippen molar-refractivity contribution in [3.8, 4) is 0 Å². The molecule has 0 amide bonds. The number of aliphatic hydroxyl groups excluding tert-OH is 1. The van der Waals surface area contributed by atoms with Crippen molar-refractivity contribution in [3.05, 3.63) is 47.0 Å². The van der Waals surface area contributed by atoms with Gasteiger partial charge in [0.05, 0.1) is 0 Å². The lowest BCUT2D eigenvalue weighted by Gasteiger charge is -2.19. The average Bonchev–Trinajstić information content (AvgIpc) is 2.56. The smallest absolute Gasteiger partial charge is 0.247 e. The lowest BCUT2D eigenvalue weighted by atomic mass is 9.86. The first kappa shape index (κ1) is 12.5. The summed E-state index contributed by atoms with van der Waals surface area (Å²) < 4.78 is 5.16. The Bertz CT molecular complexity index is 509. The zero-order valence-electron chi connectivity index (χ0n) is 10.7. The van der Waals surface area contributed by atoms with Gasteiger partial charge in [0.25, 0.3) is 0 Å². The van der Waals surface area contributed by atoms with Crippen molar-refractivity contribution in [1.29, 1.82) is 0 Å². The lowest BCUT2D eigenvalue weighted by molar-refractivity contribution is -0.123. The maximum absolute atomic E-state index is 11.7. The van der Waals surface area contributed by atoms with Gasteiger partial charge in [0, 0.05) is 5.56 Å². The van der Waals surface area contributed by atoms with Gasteiger partial charge in [0.15, 0.2) is 6.10 Å². The highest BCUT2D eigenvalue weighted by molar-refractivity contribution is 5.99. The first-order chi connectivity index (χ1) is 8.30. The van der Waals surface area contributed by atoms with Gasteiger partial charge in [-0.3, -0.25) is 4.79 Å². The van der Waals surface area contributed by atoms with E-state index in [1.54, 1.807) is 0 Å². The molecule has 1 aliphatic rings. The quantitative estimate of drug-likeness (QED) is 0.798. The van der Waals surface area contributed by atoms with Gasteiger partial charge in [-0.25, -0.2) is 0 Å². The topological polar surface area (TPSA) is 72.6 Å². The van der Waals surface area contributed by atoms with Crippen molar-refractivity contribution in [1.82, 2.24) is 0 Å². The van der Waals surface area contributed by atoms with E-state index in [0.29, 0.717) is 5.56 Å². The summed E-state index contributed by atoms with van der Waals surface area (Å²) in [5.74, 6) is -1.18. The summed E-state index contributed by atoms with van der Waals surface area (Å²) in [6, 6.07) is 7.57. The summed E-state index contributed by atoms with van der Waals surface area (Å²) in [6.45, 7) is 6.35. The van der Waals surface area contributed by atoms with E-state index in [1.807, 2.05) is 24.3 Å².